The molecule has 0 aliphatic heterocycles. The maximum Gasteiger partial charge on any atom is 0.161 e. The first-order valence-electron chi connectivity index (χ1n) is 5.51. The molecule has 2 N–H and O–H groups in total. The molecule has 0 saturated carbocycles. The fraction of sp³-hybridized carbons (Fsp3) is 0.308. The summed E-state index contributed by atoms with van der Waals surface area (Å²) in [4.78, 5) is 0. The highest BCUT2D eigenvalue weighted by molar-refractivity contribution is 5.37. The Labute approximate surface area is 101 Å². The second-order valence-corrected chi connectivity index (χ2v) is 4.11. The third-order valence-corrected chi connectivity index (χ3v) is 2.87. The average Bonchev–Trinajstić information content (AvgIpc) is 2.69. The van der Waals surface area contributed by atoms with Crippen molar-refractivity contribution in [3.05, 3.63) is 47.3 Å². The zero-order valence-electron chi connectivity index (χ0n) is 10.3. The van der Waals surface area contributed by atoms with Gasteiger partial charge in [0.1, 0.15) is 5.69 Å². The van der Waals surface area contributed by atoms with Gasteiger partial charge in [-0.3, -0.25) is 4.68 Å². The first kappa shape index (κ1) is 11.7. The highest BCUT2D eigenvalue weighted by Crippen LogP contribution is 2.27. The fourth-order valence-corrected chi connectivity index (χ4v) is 1.96. The van der Waals surface area contributed by atoms with E-state index in [0.717, 1.165) is 17.0 Å². The molecular weight excluding hydrogens is 214 g/mol. The summed E-state index contributed by atoms with van der Waals surface area (Å²) < 4.78 is 7.03. The zero-order chi connectivity index (χ0) is 12.4. The van der Waals surface area contributed by atoms with Crippen molar-refractivity contribution in [2.45, 2.75) is 13.0 Å². The Hall–Kier alpha value is -1.81. The molecule has 0 radical (unpaired) electrons. The standard InChI is InChI=1S/C13H17N3O/c1-9-5-4-6-10(7-9)12(14)13-11(17-3)8-15-16(13)2/h4-8,12H,14H2,1-3H3. The molecule has 1 aromatic carbocycles. The van der Waals surface area contributed by atoms with E-state index >= 15 is 0 Å². The van der Waals surface area contributed by atoms with Crippen LogP contribution in [0, 0.1) is 6.92 Å². The van der Waals surface area contributed by atoms with Gasteiger partial charge in [-0.15, -0.1) is 0 Å². The van der Waals surface area contributed by atoms with E-state index in [2.05, 4.69) is 24.2 Å². The summed E-state index contributed by atoms with van der Waals surface area (Å²) in [6.45, 7) is 2.05. The molecule has 2 rings (SSSR count). The quantitative estimate of drug-likeness (QED) is 0.876. The highest BCUT2D eigenvalue weighted by Gasteiger charge is 2.18. The number of aromatic nitrogens is 2. The molecule has 0 saturated heterocycles. The molecule has 90 valence electrons. The van der Waals surface area contributed by atoms with Gasteiger partial charge in [0, 0.05) is 7.05 Å². The van der Waals surface area contributed by atoms with Gasteiger partial charge < -0.3 is 10.5 Å². The summed E-state index contributed by atoms with van der Waals surface area (Å²) in [6, 6.07) is 7.93. The molecule has 0 aliphatic rings. The Morgan fingerprint density at radius 2 is 2.18 bits per heavy atom. The van der Waals surface area contributed by atoms with Gasteiger partial charge >= 0.3 is 0 Å². The van der Waals surface area contributed by atoms with E-state index in [0.29, 0.717) is 0 Å². The number of hydrogen-bond donors (Lipinski definition) is 1. The summed E-state index contributed by atoms with van der Waals surface area (Å²) in [7, 11) is 3.50. The van der Waals surface area contributed by atoms with Crippen LogP contribution in [0.1, 0.15) is 22.9 Å². The van der Waals surface area contributed by atoms with Crippen LogP contribution in [0.2, 0.25) is 0 Å². The monoisotopic (exact) mass is 231 g/mol. The minimum atomic E-state index is -0.225. The van der Waals surface area contributed by atoms with Crippen molar-refractivity contribution >= 4 is 0 Å². The van der Waals surface area contributed by atoms with Gasteiger partial charge in [-0.2, -0.15) is 5.10 Å². The number of rotatable bonds is 3. The maximum absolute atomic E-state index is 6.27. The molecule has 1 heterocycles. The molecule has 1 unspecified atom stereocenters. The van der Waals surface area contributed by atoms with Gasteiger partial charge in [-0.05, 0) is 12.5 Å². The van der Waals surface area contributed by atoms with Gasteiger partial charge in [-0.25, -0.2) is 0 Å². The van der Waals surface area contributed by atoms with Crippen LogP contribution in [0.3, 0.4) is 0 Å². The Morgan fingerprint density at radius 3 is 2.82 bits per heavy atom. The number of hydrogen-bond acceptors (Lipinski definition) is 3. The van der Waals surface area contributed by atoms with E-state index < -0.39 is 0 Å². The van der Waals surface area contributed by atoms with Crippen molar-refractivity contribution in [3.8, 4) is 5.75 Å². The van der Waals surface area contributed by atoms with Crippen molar-refractivity contribution in [1.82, 2.24) is 9.78 Å². The van der Waals surface area contributed by atoms with E-state index in [1.807, 2.05) is 19.2 Å². The molecule has 17 heavy (non-hydrogen) atoms. The number of benzene rings is 1. The van der Waals surface area contributed by atoms with Crippen LogP contribution in [-0.4, -0.2) is 16.9 Å². The smallest absolute Gasteiger partial charge is 0.161 e. The molecule has 1 atom stereocenters. The van der Waals surface area contributed by atoms with E-state index in [9.17, 15) is 0 Å². The normalized spacial score (nSPS) is 12.5. The second kappa shape index (κ2) is 4.59. The molecule has 4 nitrogen and oxygen atoms in total. The Bertz CT molecular complexity index is 519. The van der Waals surface area contributed by atoms with Crippen molar-refractivity contribution in [3.63, 3.8) is 0 Å². The van der Waals surface area contributed by atoms with Crippen molar-refractivity contribution in [1.29, 1.82) is 0 Å². The second-order valence-electron chi connectivity index (χ2n) is 4.11. The third kappa shape index (κ3) is 2.17. The molecule has 4 heteroatoms. The summed E-state index contributed by atoms with van der Waals surface area (Å²) in [5.74, 6) is 0.724. The SMILES string of the molecule is COc1cnn(C)c1C(N)c1cccc(C)c1. The molecule has 2 aromatic rings. The van der Waals surface area contributed by atoms with E-state index in [4.69, 9.17) is 10.5 Å². The van der Waals surface area contributed by atoms with Crippen LogP contribution in [0.25, 0.3) is 0 Å². The fourth-order valence-electron chi connectivity index (χ4n) is 1.96. The number of nitrogens with two attached hydrogens (primary N) is 1. The lowest BCUT2D eigenvalue weighted by atomic mass is 10.0. The molecule has 0 fully saturated rings. The number of nitrogens with zero attached hydrogens (tertiary/aromatic N) is 2. The molecule has 1 aromatic heterocycles. The number of methoxy groups -OCH3 is 1. The van der Waals surface area contributed by atoms with Gasteiger partial charge in [0.15, 0.2) is 5.75 Å². The van der Waals surface area contributed by atoms with Crippen LogP contribution in [-0.2, 0) is 7.05 Å². The van der Waals surface area contributed by atoms with E-state index in [1.54, 1.807) is 18.0 Å². The Kier molecular flexibility index (Phi) is 3.15. The average molecular weight is 231 g/mol. The van der Waals surface area contributed by atoms with E-state index in [1.165, 1.54) is 5.56 Å². The Morgan fingerprint density at radius 1 is 1.41 bits per heavy atom. The van der Waals surface area contributed by atoms with Crippen LogP contribution < -0.4 is 10.5 Å². The van der Waals surface area contributed by atoms with Gasteiger partial charge in [-0.1, -0.05) is 29.8 Å². The third-order valence-electron chi connectivity index (χ3n) is 2.87. The molecule has 0 aliphatic carbocycles. The lowest BCUT2D eigenvalue weighted by Gasteiger charge is -2.14. The van der Waals surface area contributed by atoms with Crippen molar-refractivity contribution in [2.24, 2.45) is 12.8 Å². The number of aryl methyl sites for hydroxylation is 2. The molecule has 0 bridgehead atoms. The summed E-state index contributed by atoms with van der Waals surface area (Å²) in [6.07, 6.45) is 1.69. The maximum atomic E-state index is 6.27. The van der Waals surface area contributed by atoms with Crippen molar-refractivity contribution < 1.29 is 4.74 Å². The summed E-state index contributed by atoms with van der Waals surface area (Å²) >= 11 is 0. The predicted molar refractivity (Wildman–Crippen MR) is 67.0 cm³/mol. The lowest BCUT2D eigenvalue weighted by molar-refractivity contribution is 0.406. The minimum absolute atomic E-state index is 0.225. The number of ether oxygens (including phenoxy) is 1. The van der Waals surface area contributed by atoms with Crippen LogP contribution >= 0.6 is 0 Å². The topological polar surface area (TPSA) is 53.1 Å². The molecular formula is C13H17N3O. The van der Waals surface area contributed by atoms with Gasteiger partial charge in [0.25, 0.3) is 0 Å². The largest absolute Gasteiger partial charge is 0.493 e. The van der Waals surface area contributed by atoms with Gasteiger partial charge in [0.2, 0.25) is 0 Å². The van der Waals surface area contributed by atoms with Crippen LogP contribution in [0.4, 0.5) is 0 Å². The van der Waals surface area contributed by atoms with Crippen LogP contribution in [0.15, 0.2) is 30.5 Å². The summed E-state index contributed by atoms with van der Waals surface area (Å²) in [5, 5.41) is 4.17. The van der Waals surface area contributed by atoms with E-state index in [-0.39, 0.29) is 6.04 Å². The first-order chi connectivity index (χ1) is 8.13. The molecule has 0 spiro atoms. The van der Waals surface area contributed by atoms with Gasteiger partial charge in [0.05, 0.1) is 19.3 Å². The zero-order valence-corrected chi connectivity index (χ0v) is 10.3. The van der Waals surface area contributed by atoms with Crippen molar-refractivity contribution in [2.75, 3.05) is 7.11 Å². The minimum Gasteiger partial charge on any atom is -0.493 e. The predicted octanol–water partition coefficient (Wildman–Crippen LogP) is 1.79. The Balaban J connectivity index is 2.43. The highest BCUT2D eigenvalue weighted by atomic mass is 16.5. The molecule has 0 amide bonds. The lowest BCUT2D eigenvalue weighted by Crippen LogP contribution is -2.16. The van der Waals surface area contributed by atoms with Crippen LogP contribution in [0.5, 0.6) is 5.75 Å². The first-order valence-corrected chi connectivity index (χ1v) is 5.51. The summed E-state index contributed by atoms with van der Waals surface area (Å²) in [5.41, 5.74) is 9.41.